The first-order valence-corrected chi connectivity index (χ1v) is 7.90. The van der Waals surface area contributed by atoms with E-state index in [0.717, 1.165) is 30.5 Å². The Bertz CT molecular complexity index is 516. The molecule has 1 saturated heterocycles. The molecule has 0 aliphatic carbocycles. The van der Waals surface area contributed by atoms with Gasteiger partial charge in [0.05, 0.1) is 0 Å². The third-order valence-corrected chi connectivity index (χ3v) is 4.19. The van der Waals surface area contributed by atoms with E-state index in [4.69, 9.17) is 0 Å². The summed E-state index contributed by atoms with van der Waals surface area (Å²) < 4.78 is 0. The van der Waals surface area contributed by atoms with E-state index in [9.17, 15) is 4.79 Å². The molecule has 0 unspecified atom stereocenters. The van der Waals surface area contributed by atoms with Crippen molar-refractivity contribution in [3.05, 3.63) is 35.4 Å². The van der Waals surface area contributed by atoms with Crippen LogP contribution in [0.25, 0.3) is 0 Å². The minimum Gasteiger partial charge on any atom is -0.355 e. The third kappa shape index (κ3) is 4.23. The molecule has 1 aromatic rings. The Labute approximate surface area is 132 Å². The average Bonchev–Trinajstić information content (AvgIpc) is 2.56. The van der Waals surface area contributed by atoms with Gasteiger partial charge in [-0.2, -0.15) is 0 Å². The second-order valence-electron chi connectivity index (χ2n) is 5.85. The summed E-state index contributed by atoms with van der Waals surface area (Å²) in [4.78, 5) is 18.2. The predicted octanol–water partition coefficient (Wildman–Crippen LogP) is 1.85. The first kappa shape index (κ1) is 16.3. The van der Waals surface area contributed by atoms with Crippen molar-refractivity contribution in [2.75, 3.05) is 27.2 Å². The highest BCUT2D eigenvalue weighted by molar-refractivity contribution is 5.93. The van der Waals surface area contributed by atoms with Gasteiger partial charge in [0.2, 0.25) is 0 Å². The molecule has 1 fully saturated rings. The second kappa shape index (κ2) is 7.82. The summed E-state index contributed by atoms with van der Waals surface area (Å²) in [5.74, 6) is 1.71. The zero-order valence-corrected chi connectivity index (χ0v) is 13.7. The number of hydrogen-bond acceptors (Lipinski definition) is 2. The highest BCUT2D eigenvalue weighted by atomic mass is 16.1. The third-order valence-electron chi connectivity index (χ3n) is 4.19. The molecule has 0 spiro atoms. The fourth-order valence-corrected chi connectivity index (χ4v) is 2.65. The number of benzene rings is 1. The molecule has 1 aromatic carbocycles. The highest BCUT2D eigenvalue weighted by Crippen LogP contribution is 2.16. The van der Waals surface area contributed by atoms with Gasteiger partial charge in [0.25, 0.3) is 5.91 Å². The van der Waals surface area contributed by atoms with Crippen LogP contribution in [0.1, 0.15) is 35.7 Å². The Hall–Kier alpha value is -2.04. The molecule has 0 atom stereocenters. The number of rotatable bonds is 3. The zero-order chi connectivity index (χ0) is 15.9. The minimum atomic E-state index is -0.0576. The number of likely N-dealkylation sites (tertiary alicyclic amines) is 1. The smallest absolute Gasteiger partial charge is 0.251 e. The normalized spacial score (nSPS) is 16.5. The molecule has 120 valence electrons. The van der Waals surface area contributed by atoms with E-state index >= 15 is 0 Å². The Morgan fingerprint density at radius 2 is 1.91 bits per heavy atom. The van der Waals surface area contributed by atoms with Gasteiger partial charge in [-0.1, -0.05) is 19.1 Å². The van der Waals surface area contributed by atoms with Gasteiger partial charge in [-0.3, -0.25) is 9.79 Å². The number of nitrogens with one attached hydrogen (secondary N) is 2. The summed E-state index contributed by atoms with van der Waals surface area (Å²) in [5, 5.41) is 6.03. The van der Waals surface area contributed by atoms with Gasteiger partial charge < -0.3 is 15.5 Å². The molecular formula is C17H26N4O. The first-order valence-electron chi connectivity index (χ1n) is 7.90. The van der Waals surface area contributed by atoms with Gasteiger partial charge >= 0.3 is 0 Å². The lowest BCUT2D eigenvalue weighted by molar-refractivity contribution is 0.0963. The number of amides is 1. The lowest BCUT2D eigenvalue weighted by atomic mass is 9.99. The summed E-state index contributed by atoms with van der Waals surface area (Å²) >= 11 is 0. The molecule has 2 rings (SSSR count). The Kier molecular flexibility index (Phi) is 5.81. The molecule has 0 radical (unpaired) electrons. The lowest BCUT2D eigenvalue weighted by Crippen LogP contribution is -2.45. The molecule has 2 N–H and O–H groups in total. The molecule has 1 heterocycles. The Morgan fingerprint density at radius 3 is 2.45 bits per heavy atom. The molecule has 0 bridgehead atoms. The summed E-state index contributed by atoms with van der Waals surface area (Å²) in [6.45, 7) is 5.15. The summed E-state index contributed by atoms with van der Waals surface area (Å²) in [6, 6.07) is 7.65. The SMILES string of the molecule is CN=C(NCc1ccc(C(=O)NC)cc1)N1CCC(C)CC1. The number of guanidine groups is 1. The van der Waals surface area contributed by atoms with Gasteiger partial charge in [0.1, 0.15) is 0 Å². The van der Waals surface area contributed by atoms with Crippen molar-refractivity contribution in [1.82, 2.24) is 15.5 Å². The standard InChI is InChI=1S/C17H26N4O/c1-13-8-10-21(11-9-13)17(19-3)20-12-14-4-6-15(7-5-14)16(22)18-2/h4-7,13H,8-12H2,1-3H3,(H,18,22)(H,19,20). The predicted molar refractivity (Wildman–Crippen MR) is 90.0 cm³/mol. The summed E-state index contributed by atoms with van der Waals surface area (Å²) in [7, 11) is 3.47. The number of hydrogen-bond donors (Lipinski definition) is 2. The fraction of sp³-hybridized carbons (Fsp3) is 0.529. The molecule has 22 heavy (non-hydrogen) atoms. The Balaban J connectivity index is 1.89. The lowest BCUT2D eigenvalue weighted by Gasteiger charge is -2.32. The van der Waals surface area contributed by atoms with Gasteiger partial charge in [-0.25, -0.2) is 0 Å². The van der Waals surface area contributed by atoms with Crippen LogP contribution in [-0.2, 0) is 6.54 Å². The second-order valence-corrected chi connectivity index (χ2v) is 5.85. The van der Waals surface area contributed by atoms with Gasteiger partial charge in [0.15, 0.2) is 5.96 Å². The fourth-order valence-electron chi connectivity index (χ4n) is 2.65. The quantitative estimate of drug-likeness (QED) is 0.662. The van der Waals surface area contributed by atoms with E-state index in [2.05, 4.69) is 27.4 Å². The summed E-state index contributed by atoms with van der Waals surface area (Å²) in [5.41, 5.74) is 1.82. The number of nitrogens with zero attached hydrogens (tertiary/aromatic N) is 2. The average molecular weight is 302 g/mol. The Morgan fingerprint density at radius 1 is 1.27 bits per heavy atom. The maximum absolute atomic E-state index is 11.5. The van der Waals surface area contributed by atoms with Crippen LogP contribution in [0.4, 0.5) is 0 Å². The van der Waals surface area contributed by atoms with Crippen molar-refractivity contribution in [3.63, 3.8) is 0 Å². The van der Waals surface area contributed by atoms with Crippen LogP contribution in [0.2, 0.25) is 0 Å². The number of aliphatic imine (C=N–C) groups is 1. The van der Waals surface area contributed by atoms with Crippen LogP contribution in [-0.4, -0.2) is 44.0 Å². The van der Waals surface area contributed by atoms with Crippen LogP contribution in [0, 0.1) is 5.92 Å². The van der Waals surface area contributed by atoms with Crippen LogP contribution >= 0.6 is 0 Å². The largest absolute Gasteiger partial charge is 0.355 e. The van der Waals surface area contributed by atoms with Crippen LogP contribution in [0.3, 0.4) is 0 Å². The van der Waals surface area contributed by atoms with Gasteiger partial charge in [0, 0.05) is 39.3 Å². The molecule has 5 heteroatoms. The number of piperidine rings is 1. The van der Waals surface area contributed by atoms with Crippen molar-refractivity contribution in [2.45, 2.75) is 26.3 Å². The van der Waals surface area contributed by atoms with E-state index in [1.165, 1.54) is 12.8 Å². The summed E-state index contributed by atoms with van der Waals surface area (Å²) in [6.07, 6.45) is 2.45. The highest BCUT2D eigenvalue weighted by Gasteiger charge is 2.18. The topological polar surface area (TPSA) is 56.7 Å². The van der Waals surface area contributed by atoms with E-state index in [1.54, 1.807) is 7.05 Å². The first-order chi connectivity index (χ1) is 10.6. The van der Waals surface area contributed by atoms with Crippen molar-refractivity contribution >= 4 is 11.9 Å². The van der Waals surface area contributed by atoms with Gasteiger partial charge in [-0.05, 0) is 36.5 Å². The van der Waals surface area contributed by atoms with E-state index in [0.29, 0.717) is 12.1 Å². The van der Waals surface area contributed by atoms with Crippen LogP contribution < -0.4 is 10.6 Å². The molecule has 0 saturated carbocycles. The van der Waals surface area contributed by atoms with E-state index in [-0.39, 0.29) is 5.91 Å². The van der Waals surface area contributed by atoms with E-state index in [1.807, 2.05) is 31.3 Å². The maximum Gasteiger partial charge on any atom is 0.251 e. The van der Waals surface area contributed by atoms with Crippen molar-refractivity contribution in [1.29, 1.82) is 0 Å². The van der Waals surface area contributed by atoms with Crippen molar-refractivity contribution < 1.29 is 4.79 Å². The molecule has 1 aliphatic heterocycles. The monoisotopic (exact) mass is 302 g/mol. The van der Waals surface area contributed by atoms with Crippen molar-refractivity contribution in [2.24, 2.45) is 10.9 Å². The molecule has 5 nitrogen and oxygen atoms in total. The molecular weight excluding hydrogens is 276 g/mol. The van der Waals surface area contributed by atoms with Crippen LogP contribution in [0.5, 0.6) is 0 Å². The molecule has 1 aliphatic rings. The molecule has 0 aromatic heterocycles. The van der Waals surface area contributed by atoms with Gasteiger partial charge in [-0.15, -0.1) is 0 Å². The van der Waals surface area contributed by atoms with Crippen molar-refractivity contribution in [3.8, 4) is 0 Å². The number of carbonyl (C=O) groups is 1. The van der Waals surface area contributed by atoms with Crippen LogP contribution in [0.15, 0.2) is 29.3 Å². The number of carbonyl (C=O) groups excluding carboxylic acids is 1. The maximum atomic E-state index is 11.5. The minimum absolute atomic E-state index is 0.0576. The molecule has 1 amide bonds. The zero-order valence-electron chi connectivity index (χ0n) is 13.7. The van der Waals surface area contributed by atoms with E-state index < -0.39 is 0 Å².